The van der Waals surface area contributed by atoms with Gasteiger partial charge in [0.25, 0.3) is 10.1 Å². The van der Waals surface area contributed by atoms with Crippen LogP contribution in [-0.2, 0) is 14.9 Å². The van der Waals surface area contributed by atoms with Crippen LogP contribution in [0.1, 0.15) is 129 Å². The van der Waals surface area contributed by atoms with Gasteiger partial charge in [0.2, 0.25) is 5.91 Å². The van der Waals surface area contributed by atoms with Crippen molar-refractivity contribution in [2.24, 2.45) is 0 Å². The highest BCUT2D eigenvalue weighted by Crippen LogP contribution is 2.13. The highest BCUT2D eigenvalue weighted by atomic mass is 32.2. The minimum atomic E-state index is -4.03. The van der Waals surface area contributed by atoms with E-state index in [1.165, 1.54) is 70.6 Å². The lowest BCUT2D eigenvalue weighted by Gasteiger charge is -2.22. The fourth-order valence-electron chi connectivity index (χ4n) is 3.77. The Morgan fingerprint density at radius 3 is 1.47 bits per heavy atom. The minimum Gasteiger partial charge on any atom is -0.342 e. The second-order valence-electron chi connectivity index (χ2n) is 8.72. The maximum Gasteiger partial charge on any atom is 0.266 e. The molecule has 0 fully saturated rings. The lowest BCUT2D eigenvalue weighted by Crippen LogP contribution is -2.35. The Morgan fingerprint density at radius 1 is 0.633 bits per heavy atom. The van der Waals surface area contributed by atoms with E-state index in [-0.39, 0.29) is 18.2 Å². The highest BCUT2D eigenvalue weighted by molar-refractivity contribution is 7.85. The first kappa shape index (κ1) is 29.4. The highest BCUT2D eigenvalue weighted by Gasteiger charge is 2.16. The first-order chi connectivity index (χ1) is 14.4. The van der Waals surface area contributed by atoms with Crippen molar-refractivity contribution in [3.05, 3.63) is 0 Å². The smallest absolute Gasteiger partial charge is 0.266 e. The molecule has 0 unspecified atom stereocenters. The molecular weight excluding hydrogens is 398 g/mol. The summed E-state index contributed by atoms with van der Waals surface area (Å²) in [4.78, 5) is 14.1. The maximum absolute atomic E-state index is 12.5. The van der Waals surface area contributed by atoms with Gasteiger partial charge in [0.15, 0.2) is 0 Å². The minimum absolute atomic E-state index is 0.0261. The summed E-state index contributed by atoms with van der Waals surface area (Å²) >= 11 is 0. The summed E-state index contributed by atoms with van der Waals surface area (Å²) in [5, 5.41) is 0. The topological polar surface area (TPSA) is 74.7 Å². The van der Waals surface area contributed by atoms with E-state index >= 15 is 0 Å². The second-order valence-corrected chi connectivity index (χ2v) is 10.3. The zero-order valence-corrected chi connectivity index (χ0v) is 20.7. The fourth-order valence-corrected chi connectivity index (χ4v) is 4.22. The number of carbonyl (C=O) groups excluding carboxylic acids is 1. The zero-order valence-electron chi connectivity index (χ0n) is 19.9. The summed E-state index contributed by atoms with van der Waals surface area (Å²) in [6.45, 7) is 5.08. The molecule has 5 nitrogen and oxygen atoms in total. The second kappa shape index (κ2) is 20.3. The van der Waals surface area contributed by atoms with Gasteiger partial charge < -0.3 is 4.90 Å². The number of nitrogens with zero attached hydrogens (tertiary/aromatic N) is 1. The Bertz CT molecular complexity index is 493. The monoisotopic (exact) mass is 447 g/mol. The van der Waals surface area contributed by atoms with Gasteiger partial charge in [-0.25, -0.2) is 0 Å². The Hall–Kier alpha value is -0.620. The van der Waals surface area contributed by atoms with Gasteiger partial charge in [-0.05, 0) is 12.8 Å². The van der Waals surface area contributed by atoms with Gasteiger partial charge in [-0.3, -0.25) is 9.35 Å². The van der Waals surface area contributed by atoms with Gasteiger partial charge in [-0.2, -0.15) is 8.42 Å². The van der Waals surface area contributed by atoms with E-state index < -0.39 is 10.1 Å². The largest absolute Gasteiger partial charge is 0.342 e. The number of carbonyl (C=O) groups is 1. The van der Waals surface area contributed by atoms with E-state index in [1.807, 2.05) is 0 Å². The molecule has 1 N–H and O–H groups in total. The molecule has 30 heavy (non-hydrogen) atoms. The molecule has 0 aliphatic carbocycles. The molecule has 0 aromatic carbocycles. The first-order valence-electron chi connectivity index (χ1n) is 12.6. The van der Waals surface area contributed by atoms with Gasteiger partial charge in [0.05, 0.1) is 5.75 Å². The molecule has 0 heterocycles. The third-order valence-corrected chi connectivity index (χ3v) is 6.45. The summed E-state index contributed by atoms with van der Waals surface area (Å²) in [5.41, 5.74) is 0. The molecule has 0 aliphatic rings. The van der Waals surface area contributed by atoms with E-state index in [9.17, 15) is 13.2 Å². The van der Waals surface area contributed by atoms with Crippen LogP contribution in [0.15, 0.2) is 0 Å². The maximum atomic E-state index is 12.5. The fraction of sp³-hybridized carbons (Fsp3) is 0.958. The van der Waals surface area contributed by atoms with Crippen molar-refractivity contribution in [3.63, 3.8) is 0 Å². The summed E-state index contributed by atoms with van der Waals surface area (Å²) in [6.07, 6.45) is 21.2. The molecular formula is C24H49NO4S. The van der Waals surface area contributed by atoms with Crippen molar-refractivity contribution >= 4 is 16.0 Å². The third-order valence-electron chi connectivity index (χ3n) is 5.75. The summed E-state index contributed by atoms with van der Waals surface area (Å²) in [6, 6.07) is 0. The van der Waals surface area contributed by atoms with Crippen LogP contribution in [0.2, 0.25) is 0 Å². The Labute approximate surface area is 187 Å². The van der Waals surface area contributed by atoms with Crippen molar-refractivity contribution in [3.8, 4) is 0 Å². The first-order valence-corrected chi connectivity index (χ1v) is 14.2. The molecule has 0 atom stereocenters. The van der Waals surface area contributed by atoms with Gasteiger partial charge in [-0.15, -0.1) is 0 Å². The molecule has 0 rings (SSSR count). The Morgan fingerprint density at radius 2 is 1.03 bits per heavy atom. The normalized spacial score (nSPS) is 11.7. The molecule has 0 spiro atoms. The number of amides is 1. The lowest BCUT2D eigenvalue weighted by atomic mass is 10.0. The summed E-state index contributed by atoms with van der Waals surface area (Å²) < 4.78 is 31.1. The van der Waals surface area contributed by atoms with Crippen molar-refractivity contribution in [1.29, 1.82) is 0 Å². The lowest BCUT2D eigenvalue weighted by molar-refractivity contribution is -0.131. The molecule has 1 amide bonds. The van der Waals surface area contributed by atoms with Gasteiger partial charge in [0.1, 0.15) is 0 Å². The van der Waals surface area contributed by atoms with Crippen LogP contribution < -0.4 is 0 Å². The van der Waals surface area contributed by atoms with Gasteiger partial charge in [0, 0.05) is 19.5 Å². The molecule has 180 valence electrons. The number of hydrogen-bond donors (Lipinski definition) is 1. The van der Waals surface area contributed by atoms with Gasteiger partial charge >= 0.3 is 0 Å². The quantitative estimate of drug-likeness (QED) is 0.147. The zero-order chi connectivity index (χ0) is 22.5. The van der Waals surface area contributed by atoms with Crippen molar-refractivity contribution < 1.29 is 17.8 Å². The summed E-state index contributed by atoms with van der Waals surface area (Å²) in [5.74, 6) is -0.344. The SMILES string of the molecule is CCCCCCCCCCCCCCCC(=O)N(CCCCCC)CCS(=O)(=O)O. The van der Waals surface area contributed by atoms with E-state index in [0.29, 0.717) is 13.0 Å². The van der Waals surface area contributed by atoms with Crippen LogP contribution in [0.4, 0.5) is 0 Å². The van der Waals surface area contributed by atoms with E-state index in [0.717, 1.165) is 38.5 Å². The predicted octanol–water partition coefficient (Wildman–Crippen LogP) is 6.76. The average Bonchev–Trinajstić information content (AvgIpc) is 2.70. The standard InChI is InChI=1S/C24H49NO4S/c1-3-5-7-9-10-11-12-13-14-15-16-17-18-20-24(26)25(21-19-8-6-4-2)22-23-30(27,28)29/h3-23H2,1-2H3,(H,27,28,29). The van der Waals surface area contributed by atoms with Crippen molar-refractivity contribution in [2.45, 2.75) is 129 Å². The molecule has 0 aromatic heterocycles. The number of rotatable bonds is 22. The van der Waals surface area contributed by atoms with Crippen LogP contribution in [0.5, 0.6) is 0 Å². The summed E-state index contributed by atoms with van der Waals surface area (Å²) in [7, 11) is -4.03. The van der Waals surface area contributed by atoms with E-state index in [4.69, 9.17) is 4.55 Å². The van der Waals surface area contributed by atoms with E-state index in [2.05, 4.69) is 13.8 Å². The van der Waals surface area contributed by atoms with Gasteiger partial charge in [-0.1, -0.05) is 110 Å². The predicted molar refractivity (Wildman–Crippen MR) is 127 cm³/mol. The molecule has 0 aromatic rings. The number of unbranched alkanes of at least 4 members (excludes halogenated alkanes) is 15. The van der Waals surface area contributed by atoms with Crippen LogP contribution in [-0.4, -0.2) is 42.6 Å². The molecule has 0 radical (unpaired) electrons. The molecule has 0 saturated carbocycles. The Balaban J connectivity index is 3.80. The molecule has 0 saturated heterocycles. The molecule has 0 aliphatic heterocycles. The van der Waals surface area contributed by atoms with Crippen LogP contribution >= 0.6 is 0 Å². The van der Waals surface area contributed by atoms with Crippen LogP contribution in [0.3, 0.4) is 0 Å². The van der Waals surface area contributed by atoms with Crippen molar-refractivity contribution in [2.75, 3.05) is 18.8 Å². The number of hydrogen-bond acceptors (Lipinski definition) is 3. The van der Waals surface area contributed by atoms with E-state index in [1.54, 1.807) is 4.90 Å². The van der Waals surface area contributed by atoms with Crippen molar-refractivity contribution in [1.82, 2.24) is 4.90 Å². The molecule has 6 heteroatoms. The average molecular weight is 448 g/mol. The van der Waals surface area contributed by atoms with Crippen LogP contribution in [0.25, 0.3) is 0 Å². The third kappa shape index (κ3) is 20.6. The Kier molecular flexibility index (Phi) is 19.9. The molecule has 0 bridgehead atoms. The van der Waals surface area contributed by atoms with Crippen LogP contribution in [0, 0.1) is 0 Å².